The molecule has 4 aromatic rings. The number of benzene rings is 2. The lowest BCUT2D eigenvalue weighted by atomic mass is 10.00. The van der Waals surface area contributed by atoms with Crippen LogP contribution in [0.15, 0.2) is 72.9 Å². The molecular formula is C27H29N5O2. The van der Waals surface area contributed by atoms with Crippen LogP contribution in [0.5, 0.6) is 0 Å². The second-order valence-corrected chi connectivity index (χ2v) is 8.61. The SMILES string of the molecule is COCCNC(=O)N1Cc2c(C)nn(-c3ccccc3)c2-n2cccc2C1c1cccc(C)c1. The number of urea groups is 1. The van der Waals surface area contributed by atoms with E-state index in [4.69, 9.17) is 9.84 Å². The van der Waals surface area contributed by atoms with Gasteiger partial charge in [-0.3, -0.25) is 0 Å². The zero-order valence-electron chi connectivity index (χ0n) is 19.7. The van der Waals surface area contributed by atoms with Crippen LogP contribution in [0.4, 0.5) is 4.79 Å². The third-order valence-corrected chi connectivity index (χ3v) is 6.29. The number of rotatable bonds is 5. The van der Waals surface area contributed by atoms with Gasteiger partial charge in [-0.15, -0.1) is 0 Å². The number of carbonyl (C=O) groups excluding carboxylic acids is 1. The number of aromatic nitrogens is 3. The molecule has 0 saturated heterocycles. The number of fused-ring (bicyclic) bond motifs is 3. The molecule has 2 amide bonds. The number of ether oxygens (including phenoxy) is 1. The largest absolute Gasteiger partial charge is 0.383 e. The maximum Gasteiger partial charge on any atom is 0.318 e. The first-order chi connectivity index (χ1) is 16.6. The van der Waals surface area contributed by atoms with Crippen molar-refractivity contribution in [3.8, 4) is 11.5 Å². The van der Waals surface area contributed by atoms with E-state index in [0.29, 0.717) is 19.7 Å². The van der Waals surface area contributed by atoms with Crippen LogP contribution in [0, 0.1) is 13.8 Å². The van der Waals surface area contributed by atoms with E-state index in [9.17, 15) is 4.79 Å². The van der Waals surface area contributed by atoms with E-state index >= 15 is 0 Å². The van der Waals surface area contributed by atoms with Gasteiger partial charge in [0.1, 0.15) is 5.82 Å². The molecule has 1 N–H and O–H groups in total. The summed E-state index contributed by atoms with van der Waals surface area (Å²) in [4.78, 5) is 15.5. The van der Waals surface area contributed by atoms with Gasteiger partial charge in [0.05, 0.1) is 36.3 Å². The number of amides is 2. The minimum atomic E-state index is -0.256. The van der Waals surface area contributed by atoms with E-state index in [1.54, 1.807) is 7.11 Å². The zero-order valence-corrected chi connectivity index (χ0v) is 19.7. The molecule has 2 aromatic carbocycles. The highest BCUT2D eigenvalue weighted by Crippen LogP contribution is 2.38. The number of aryl methyl sites for hydroxylation is 2. The van der Waals surface area contributed by atoms with Crippen molar-refractivity contribution in [2.24, 2.45) is 0 Å². The van der Waals surface area contributed by atoms with Crippen LogP contribution in [-0.4, -0.2) is 45.5 Å². The lowest BCUT2D eigenvalue weighted by Gasteiger charge is -2.31. The smallest absolute Gasteiger partial charge is 0.318 e. The predicted molar refractivity (Wildman–Crippen MR) is 131 cm³/mol. The van der Waals surface area contributed by atoms with Gasteiger partial charge in [0.2, 0.25) is 0 Å². The van der Waals surface area contributed by atoms with Crippen molar-refractivity contribution in [1.82, 2.24) is 24.6 Å². The topological polar surface area (TPSA) is 64.3 Å². The first-order valence-electron chi connectivity index (χ1n) is 11.5. The molecule has 5 rings (SSSR count). The Balaban J connectivity index is 1.70. The van der Waals surface area contributed by atoms with E-state index in [0.717, 1.165) is 39.6 Å². The summed E-state index contributed by atoms with van der Waals surface area (Å²) in [6.07, 6.45) is 2.06. The Labute approximate surface area is 199 Å². The molecular weight excluding hydrogens is 426 g/mol. The lowest BCUT2D eigenvalue weighted by molar-refractivity contribution is 0.168. The van der Waals surface area contributed by atoms with E-state index < -0.39 is 0 Å². The number of hydrogen-bond acceptors (Lipinski definition) is 3. The summed E-state index contributed by atoms with van der Waals surface area (Å²) in [5, 5.41) is 7.91. The van der Waals surface area contributed by atoms with Crippen molar-refractivity contribution < 1.29 is 9.53 Å². The van der Waals surface area contributed by atoms with E-state index in [1.807, 2.05) is 59.0 Å². The van der Waals surface area contributed by atoms with Crippen molar-refractivity contribution in [3.63, 3.8) is 0 Å². The molecule has 1 aliphatic rings. The molecule has 0 radical (unpaired) electrons. The molecule has 3 heterocycles. The molecule has 0 saturated carbocycles. The Morgan fingerprint density at radius 2 is 1.91 bits per heavy atom. The molecule has 0 bridgehead atoms. The molecule has 7 nitrogen and oxygen atoms in total. The monoisotopic (exact) mass is 455 g/mol. The Morgan fingerprint density at radius 3 is 2.68 bits per heavy atom. The molecule has 174 valence electrons. The first kappa shape index (κ1) is 22.0. The van der Waals surface area contributed by atoms with Gasteiger partial charge in [-0.1, -0.05) is 48.0 Å². The number of nitrogens with one attached hydrogen (secondary N) is 1. The van der Waals surface area contributed by atoms with Crippen LogP contribution >= 0.6 is 0 Å². The summed E-state index contributed by atoms with van der Waals surface area (Å²) in [5.74, 6) is 0.966. The molecule has 0 fully saturated rings. The van der Waals surface area contributed by atoms with Crippen LogP contribution in [0.2, 0.25) is 0 Å². The quantitative estimate of drug-likeness (QED) is 0.450. The van der Waals surface area contributed by atoms with Crippen LogP contribution < -0.4 is 5.32 Å². The van der Waals surface area contributed by atoms with E-state index in [-0.39, 0.29) is 12.1 Å². The number of nitrogens with zero attached hydrogens (tertiary/aromatic N) is 4. The van der Waals surface area contributed by atoms with Gasteiger partial charge >= 0.3 is 6.03 Å². The Bertz CT molecular complexity index is 1310. The fourth-order valence-electron chi connectivity index (χ4n) is 4.70. The number of hydrogen-bond donors (Lipinski definition) is 1. The van der Waals surface area contributed by atoms with Gasteiger partial charge in [-0.25, -0.2) is 9.48 Å². The highest BCUT2D eigenvalue weighted by Gasteiger charge is 2.35. The van der Waals surface area contributed by atoms with Crippen LogP contribution in [0.1, 0.15) is 34.1 Å². The lowest BCUT2D eigenvalue weighted by Crippen LogP contribution is -2.43. The minimum Gasteiger partial charge on any atom is -0.383 e. The highest BCUT2D eigenvalue weighted by molar-refractivity contribution is 5.76. The molecule has 2 aromatic heterocycles. The van der Waals surface area contributed by atoms with Gasteiger partial charge in [-0.2, -0.15) is 5.10 Å². The van der Waals surface area contributed by atoms with Gasteiger partial charge < -0.3 is 19.5 Å². The van der Waals surface area contributed by atoms with E-state index in [1.165, 1.54) is 0 Å². The summed E-state index contributed by atoms with van der Waals surface area (Å²) < 4.78 is 9.31. The van der Waals surface area contributed by atoms with Gasteiger partial charge in [0.15, 0.2) is 0 Å². The molecule has 1 unspecified atom stereocenters. The molecule has 1 aliphatic heterocycles. The molecule has 0 aliphatic carbocycles. The van der Waals surface area contributed by atoms with Crippen molar-refractivity contribution in [2.75, 3.05) is 20.3 Å². The molecule has 1 atom stereocenters. The average molecular weight is 456 g/mol. The maximum absolute atomic E-state index is 13.5. The summed E-state index contributed by atoms with van der Waals surface area (Å²) >= 11 is 0. The van der Waals surface area contributed by atoms with Crippen molar-refractivity contribution in [2.45, 2.75) is 26.4 Å². The second-order valence-electron chi connectivity index (χ2n) is 8.61. The fourth-order valence-corrected chi connectivity index (χ4v) is 4.70. The summed E-state index contributed by atoms with van der Waals surface area (Å²) in [5.41, 5.74) is 6.16. The van der Waals surface area contributed by atoms with Gasteiger partial charge in [-0.05, 0) is 43.7 Å². The first-order valence-corrected chi connectivity index (χ1v) is 11.5. The van der Waals surface area contributed by atoms with Crippen molar-refractivity contribution in [1.29, 1.82) is 0 Å². The molecule has 34 heavy (non-hydrogen) atoms. The third kappa shape index (κ3) is 3.88. The van der Waals surface area contributed by atoms with Crippen molar-refractivity contribution in [3.05, 3.63) is 101 Å². The van der Waals surface area contributed by atoms with E-state index in [2.05, 4.69) is 47.3 Å². The highest BCUT2D eigenvalue weighted by atomic mass is 16.5. The molecule has 7 heteroatoms. The summed E-state index contributed by atoms with van der Waals surface area (Å²) in [7, 11) is 1.63. The summed E-state index contributed by atoms with van der Waals surface area (Å²) in [6, 6.07) is 22.2. The number of carbonyl (C=O) groups is 1. The van der Waals surface area contributed by atoms with Gasteiger partial charge in [0, 0.05) is 25.4 Å². The fraction of sp³-hybridized carbons (Fsp3) is 0.259. The Morgan fingerprint density at radius 1 is 1.09 bits per heavy atom. The standard InChI is InChI=1S/C27H29N5O2/c1-19-9-7-10-21(17-19)25-24-13-8-15-30(24)26-23(18-31(25)27(33)28-14-16-34-3)20(2)29-32(26)22-11-5-4-6-12-22/h4-13,15,17,25H,14,16,18H2,1-3H3,(H,28,33). The predicted octanol–water partition coefficient (Wildman–Crippen LogP) is 4.54. The Kier molecular flexibility index (Phi) is 5.94. The van der Waals surface area contributed by atoms with Crippen LogP contribution in [-0.2, 0) is 11.3 Å². The van der Waals surface area contributed by atoms with Gasteiger partial charge in [0.25, 0.3) is 0 Å². The number of methoxy groups -OCH3 is 1. The Hall–Kier alpha value is -3.84. The average Bonchev–Trinajstić information content (AvgIpc) is 3.40. The third-order valence-electron chi connectivity index (χ3n) is 6.29. The molecule has 0 spiro atoms. The van der Waals surface area contributed by atoms with Crippen LogP contribution in [0.25, 0.3) is 11.5 Å². The zero-order chi connectivity index (χ0) is 23.7. The van der Waals surface area contributed by atoms with Crippen LogP contribution in [0.3, 0.4) is 0 Å². The minimum absolute atomic E-state index is 0.129. The normalized spacial score (nSPS) is 14.9. The summed E-state index contributed by atoms with van der Waals surface area (Å²) in [6.45, 7) is 5.43. The maximum atomic E-state index is 13.5. The second kappa shape index (κ2) is 9.19. The number of para-hydroxylation sites is 1. The van der Waals surface area contributed by atoms with Crippen molar-refractivity contribution >= 4 is 6.03 Å².